The van der Waals surface area contributed by atoms with E-state index in [0.717, 1.165) is 6.08 Å². The lowest BCUT2D eigenvalue weighted by Crippen LogP contribution is -2.12. The molecule has 0 spiro atoms. The van der Waals surface area contributed by atoms with Crippen molar-refractivity contribution in [1.82, 2.24) is 0 Å². The molecule has 0 saturated heterocycles. The van der Waals surface area contributed by atoms with E-state index in [0.29, 0.717) is 0 Å². The van der Waals surface area contributed by atoms with Gasteiger partial charge in [0, 0.05) is 0 Å². The quantitative estimate of drug-likeness (QED) is 0.289. The molecule has 0 rings (SSSR count). The number of alkyl halides is 3. The second kappa shape index (κ2) is 4.69. The fourth-order valence-electron chi connectivity index (χ4n) is 0.489. The lowest BCUT2D eigenvalue weighted by atomic mass is 10.3. The van der Waals surface area contributed by atoms with E-state index in [1.165, 1.54) is 6.08 Å². The number of hydrogen-bond acceptors (Lipinski definition) is 1. The summed E-state index contributed by atoms with van der Waals surface area (Å²) < 4.78 is 50.3. The van der Waals surface area contributed by atoms with Gasteiger partial charge in [-0.15, -0.1) is 19.8 Å². The third kappa shape index (κ3) is 5.95. The maximum absolute atomic E-state index is 12.6. The molecular formula is C8H8F4O. The van der Waals surface area contributed by atoms with E-state index >= 15 is 0 Å². The molecule has 0 aliphatic rings. The van der Waals surface area contributed by atoms with Crippen LogP contribution in [0.4, 0.5) is 17.6 Å². The van der Waals surface area contributed by atoms with E-state index in [-0.39, 0.29) is 6.42 Å². The summed E-state index contributed by atoms with van der Waals surface area (Å²) in [5.74, 6) is -2.19. The third-order valence-electron chi connectivity index (χ3n) is 0.969. The largest absolute Gasteiger partial charge is 0.573 e. The van der Waals surface area contributed by atoms with Crippen LogP contribution in [0, 0.1) is 0 Å². The molecule has 13 heavy (non-hydrogen) atoms. The lowest BCUT2D eigenvalue weighted by molar-refractivity contribution is -0.304. The molecule has 0 amide bonds. The summed E-state index contributed by atoms with van der Waals surface area (Å²) in [5.41, 5.74) is 0. The zero-order valence-electron chi connectivity index (χ0n) is 6.70. The number of rotatable bonds is 4. The van der Waals surface area contributed by atoms with E-state index in [1.54, 1.807) is 0 Å². The first-order chi connectivity index (χ1) is 5.87. The number of hydrogen-bond donors (Lipinski definition) is 0. The molecule has 0 aliphatic heterocycles. The molecule has 0 heterocycles. The molecule has 74 valence electrons. The first-order valence-electron chi connectivity index (χ1n) is 3.28. The van der Waals surface area contributed by atoms with E-state index in [2.05, 4.69) is 17.9 Å². The van der Waals surface area contributed by atoms with E-state index in [9.17, 15) is 17.6 Å². The summed E-state index contributed by atoms with van der Waals surface area (Å²) in [6, 6.07) is 0. The summed E-state index contributed by atoms with van der Waals surface area (Å²) in [6.45, 7) is 6.04. The van der Waals surface area contributed by atoms with Crippen molar-refractivity contribution in [2.75, 3.05) is 0 Å². The fourth-order valence-corrected chi connectivity index (χ4v) is 0.489. The maximum Gasteiger partial charge on any atom is 0.573 e. The highest BCUT2D eigenvalue weighted by Crippen LogP contribution is 2.24. The van der Waals surface area contributed by atoms with Crippen LogP contribution >= 0.6 is 0 Å². The molecule has 0 aromatic carbocycles. The first kappa shape index (κ1) is 11.7. The predicted octanol–water partition coefficient (Wildman–Crippen LogP) is 3.47. The zero-order chi connectivity index (χ0) is 10.5. The molecule has 0 N–H and O–H groups in total. The third-order valence-corrected chi connectivity index (χ3v) is 0.969. The Labute approximate surface area is 73.0 Å². The Hall–Kier alpha value is -1.26. The molecule has 0 saturated carbocycles. The summed E-state index contributed by atoms with van der Waals surface area (Å²) in [7, 11) is 0. The summed E-state index contributed by atoms with van der Waals surface area (Å²) in [6.07, 6.45) is -2.57. The molecule has 0 aromatic heterocycles. The topological polar surface area (TPSA) is 9.23 Å². The highest BCUT2D eigenvalue weighted by Gasteiger charge is 2.32. The van der Waals surface area contributed by atoms with Crippen molar-refractivity contribution in [3.8, 4) is 0 Å². The Morgan fingerprint density at radius 2 is 1.92 bits per heavy atom. The summed E-state index contributed by atoms with van der Waals surface area (Å²) in [4.78, 5) is 0. The highest BCUT2D eigenvalue weighted by molar-refractivity contribution is 5.16. The Balaban J connectivity index is 4.19. The highest BCUT2D eigenvalue weighted by atomic mass is 19.4. The van der Waals surface area contributed by atoms with Crippen LogP contribution in [0.3, 0.4) is 0 Å². The van der Waals surface area contributed by atoms with Crippen molar-refractivity contribution >= 4 is 0 Å². The number of ether oxygens (including phenoxy) is 1. The summed E-state index contributed by atoms with van der Waals surface area (Å²) in [5, 5.41) is 0. The average Bonchev–Trinajstić information content (AvgIpc) is 1.96. The fraction of sp³-hybridized carbons (Fsp3) is 0.250. The second-order valence-corrected chi connectivity index (χ2v) is 2.05. The van der Waals surface area contributed by atoms with Crippen LogP contribution in [0.5, 0.6) is 0 Å². The minimum Gasteiger partial charge on any atom is -0.403 e. The smallest absolute Gasteiger partial charge is 0.403 e. The monoisotopic (exact) mass is 196 g/mol. The Bertz CT molecular complexity index is 227. The van der Waals surface area contributed by atoms with Crippen molar-refractivity contribution in [3.05, 3.63) is 36.9 Å². The van der Waals surface area contributed by atoms with Crippen LogP contribution in [0.2, 0.25) is 0 Å². The van der Waals surface area contributed by atoms with Gasteiger partial charge in [0.2, 0.25) is 0 Å². The van der Waals surface area contributed by atoms with Crippen LogP contribution in [-0.4, -0.2) is 6.36 Å². The Morgan fingerprint density at radius 1 is 1.38 bits per heavy atom. The van der Waals surface area contributed by atoms with Gasteiger partial charge in [-0.2, -0.15) is 0 Å². The zero-order valence-corrected chi connectivity index (χ0v) is 6.70. The van der Waals surface area contributed by atoms with E-state index in [1.807, 2.05) is 0 Å². The van der Waals surface area contributed by atoms with Gasteiger partial charge in [-0.1, -0.05) is 12.7 Å². The van der Waals surface area contributed by atoms with Crippen molar-refractivity contribution in [3.63, 3.8) is 0 Å². The Kier molecular flexibility index (Phi) is 4.23. The molecule has 5 heteroatoms. The maximum atomic E-state index is 12.6. The predicted molar refractivity (Wildman–Crippen MR) is 40.3 cm³/mol. The standard InChI is InChI=1S/C8H8F4O/c1-3-4-5-7(9)6(2)13-8(10,11)12/h3,5H,1-2,4H2. The lowest BCUT2D eigenvalue weighted by Gasteiger charge is -2.09. The van der Waals surface area contributed by atoms with Crippen LogP contribution in [-0.2, 0) is 4.74 Å². The average molecular weight is 196 g/mol. The van der Waals surface area contributed by atoms with Crippen LogP contribution < -0.4 is 0 Å². The van der Waals surface area contributed by atoms with Gasteiger partial charge in [0.25, 0.3) is 0 Å². The van der Waals surface area contributed by atoms with E-state index < -0.39 is 17.9 Å². The van der Waals surface area contributed by atoms with Crippen molar-refractivity contribution in [1.29, 1.82) is 0 Å². The van der Waals surface area contributed by atoms with Gasteiger partial charge in [0.05, 0.1) is 0 Å². The minimum absolute atomic E-state index is 0.117. The Morgan fingerprint density at radius 3 is 2.31 bits per heavy atom. The van der Waals surface area contributed by atoms with Crippen molar-refractivity contribution in [2.24, 2.45) is 0 Å². The molecule has 0 bridgehead atoms. The number of halogens is 4. The van der Waals surface area contributed by atoms with Crippen LogP contribution in [0.25, 0.3) is 0 Å². The van der Waals surface area contributed by atoms with Gasteiger partial charge in [-0.3, -0.25) is 0 Å². The summed E-state index contributed by atoms with van der Waals surface area (Å²) >= 11 is 0. The van der Waals surface area contributed by atoms with Gasteiger partial charge >= 0.3 is 6.36 Å². The molecule has 0 aromatic rings. The second-order valence-electron chi connectivity index (χ2n) is 2.05. The SMILES string of the molecule is C=CCC=C(F)C(=C)OC(F)(F)F. The molecular weight excluding hydrogens is 188 g/mol. The van der Waals surface area contributed by atoms with Crippen molar-refractivity contribution in [2.45, 2.75) is 12.8 Å². The van der Waals surface area contributed by atoms with E-state index in [4.69, 9.17) is 0 Å². The molecule has 0 fully saturated rings. The molecule has 0 unspecified atom stereocenters. The first-order valence-corrected chi connectivity index (χ1v) is 3.28. The van der Waals surface area contributed by atoms with Gasteiger partial charge in [0.15, 0.2) is 11.6 Å². The van der Waals surface area contributed by atoms with Gasteiger partial charge < -0.3 is 4.74 Å². The van der Waals surface area contributed by atoms with Crippen LogP contribution in [0.1, 0.15) is 6.42 Å². The molecule has 0 radical (unpaired) electrons. The number of allylic oxidation sites excluding steroid dienone is 3. The van der Waals surface area contributed by atoms with Gasteiger partial charge in [-0.05, 0) is 12.5 Å². The minimum atomic E-state index is -4.91. The molecule has 0 atom stereocenters. The van der Waals surface area contributed by atoms with Crippen molar-refractivity contribution < 1.29 is 22.3 Å². The molecule has 0 aliphatic carbocycles. The van der Waals surface area contributed by atoms with Gasteiger partial charge in [0.1, 0.15) is 0 Å². The normalized spacial score (nSPS) is 12.5. The van der Waals surface area contributed by atoms with Crippen LogP contribution in [0.15, 0.2) is 36.9 Å². The van der Waals surface area contributed by atoms with Gasteiger partial charge in [-0.25, -0.2) is 4.39 Å². The molecule has 1 nitrogen and oxygen atoms in total.